The average Bonchev–Trinajstić information content (AvgIpc) is 2.80. The molecule has 0 aliphatic carbocycles. The van der Waals surface area contributed by atoms with Gasteiger partial charge in [0.25, 0.3) is 5.91 Å². The molecule has 5 nitrogen and oxygen atoms in total. The van der Waals surface area contributed by atoms with Crippen LogP contribution in [0.5, 0.6) is 0 Å². The largest absolute Gasteiger partial charge is 0.346 e. The Bertz CT molecular complexity index is 475. The first-order valence-electron chi connectivity index (χ1n) is 7.37. The molecule has 1 aromatic heterocycles. The third-order valence-electron chi connectivity index (χ3n) is 4.04. The zero-order valence-corrected chi connectivity index (χ0v) is 12.8. The third-order valence-corrected chi connectivity index (χ3v) is 4.04. The molecule has 0 radical (unpaired) electrons. The van der Waals surface area contributed by atoms with Crippen molar-refractivity contribution >= 4 is 5.91 Å². The SMILES string of the molecule is CCc1cnnc(C(=O)N[C@@H]2CN(C(C)C)C[C@@H]2C)c1. The Morgan fingerprint density at radius 2 is 2.25 bits per heavy atom. The van der Waals surface area contributed by atoms with Crippen LogP contribution in [0.1, 0.15) is 43.7 Å². The first-order valence-corrected chi connectivity index (χ1v) is 7.37. The number of aryl methyl sites for hydroxylation is 1. The fourth-order valence-corrected chi connectivity index (χ4v) is 2.57. The van der Waals surface area contributed by atoms with Crippen LogP contribution in [0.3, 0.4) is 0 Å². The van der Waals surface area contributed by atoms with Gasteiger partial charge in [0.05, 0.1) is 6.20 Å². The van der Waals surface area contributed by atoms with Crippen LogP contribution >= 0.6 is 0 Å². The molecule has 5 heteroatoms. The maximum absolute atomic E-state index is 12.3. The summed E-state index contributed by atoms with van der Waals surface area (Å²) >= 11 is 0. The highest BCUT2D eigenvalue weighted by molar-refractivity contribution is 5.92. The topological polar surface area (TPSA) is 58.1 Å². The molecular formula is C15H24N4O. The first-order chi connectivity index (χ1) is 9.51. The number of rotatable bonds is 4. The summed E-state index contributed by atoms with van der Waals surface area (Å²) in [6.45, 7) is 10.5. The van der Waals surface area contributed by atoms with Crippen molar-refractivity contribution < 1.29 is 4.79 Å². The van der Waals surface area contributed by atoms with E-state index >= 15 is 0 Å². The molecule has 1 amide bonds. The fourth-order valence-electron chi connectivity index (χ4n) is 2.57. The summed E-state index contributed by atoms with van der Waals surface area (Å²) < 4.78 is 0. The lowest BCUT2D eigenvalue weighted by Gasteiger charge is -2.20. The van der Waals surface area contributed by atoms with Gasteiger partial charge in [-0.3, -0.25) is 9.69 Å². The minimum absolute atomic E-state index is 0.116. The van der Waals surface area contributed by atoms with E-state index in [0.717, 1.165) is 25.1 Å². The highest BCUT2D eigenvalue weighted by atomic mass is 16.2. The van der Waals surface area contributed by atoms with Gasteiger partial charge in [0, 0.05) is 25.2 Å². The molecule has 1 aromatic rings. The van der Waals surface area contributed by atoms with Crippen LogP contribution in [0.2, 0.25) is 0 Å². The molecule has 1 aliphatic rings. The molecule has 0 saturated carbocycles. The maximum atomic E-state index is 12.3. The Morgan fingerprint density at radius 1 is 1.50 bits per heavy atom. The number of amides is 1. The van der Waals surface area contributed by atoms with Gasteiger partial charge >= 0.3 is 0 Å². The second-order valence-electron chi connectivity index (χ2n) is 5.91. The lowest BCUT2D eigenvalue weighted by molar-refractivity contribution is 0.0924. The summed E-state index contributed by atoms with van der Waals surface area (Å²) in [6.07, 6.45) is 2.56. The summed E-state index contributed by atoms with van der Waals surface area (Å²) in [5.41, 5.74) is 1.45. The number of nitrogens with zero attached hydrogens (tertiary/aromatic N) is 3. The minimum Gasteiger partial charge on any atom is -0.346 e. The number of carbonyl (C=O) groups is 1. The van der Waals surface area contributed by atoms with E-state index in [-0.39, 0.29) is 11.9 Å². The highest BCUT2D eigenvalue weighted by Crippen LogP contribution is 2.19. The van der Waals surface area contributed by atoms with Gasteiger partial charge in [-0.05, 0) is 37.8 Å². The average molecular weight is 276 g/mol. The van der Waals surface area contributed by atoms with Crippen molar-refractivity contribution in [2.24, 2.45) is 5.92 Å². The van der Waals surface area contributed by atoms with Crippen molar-refractivity contribution in [2.75, 3.05) is 13.1 Å². The normalized spacial score (nSPS) is 23.2. The quantitative estimate of drug-likeness (QED) is 0.905. The Hall–Kier alpha value is -1.49. The number of hydrogen-bond donors (Lipinski definition) is 1. The van der Waals surface area contributed by atoms with Crippen LogP contribution in [0.4, 0.5) is 0 Å². The molecule has 1 aliphatic heterocycles. The van der Waals surface area contributed by atoms with Crippen LogP contribution in [0.25, 0.3) is 0 Å². The van der Waals surface area contributed by atoms with Crippen LogP contribution < -0.4 is 5.32 Å². The van der Waals surface area contributed by atoms with Gasteiger partial charge < -0.3 is 5.32 Å². The van der Waals surface area contributed by atoms with Gasteiger partial charge in [0.2, 0.25) is 0 Å². The second kappa shape index (κ2) is 6.31. The summed E-state index contributed by atoms with van der Waals surface area (Å²) in [4.78, 5) is 14.7. The fraction of sp³-hybridized carbons (Fsp3) is 0.667. The van der Waals surface area contributed by atoms with Crippen LogP contribution in [-0.4, -0.2) is 46.2 Å². The van der Waals surface area contributed by atoms with E-state index in [4.69, 9.17) is 0 Å². The van der Waals surface area contributed by atoms with Gasteiger partial charge in [-0.1, -0.05) is 13.8 Å². The van der Waals surface area contributed by atoms with Gasteiger partial charge in [-0.15, -0.1) is 5.10 Å². The Kier molecular flexibility index (Phi) is 4.70. The van der Waals surface area contributed by atoms with Crippen molar-refractivity contribution in [1.82, 2.24) is 20.4 Å². The monoisotopic (exact) mass is 276 g/mol. The molecule has 2 atom stereocenters. The van der Waals surface area contributed by atoms with Crippen molar-refractivity contribution in [1.29, 1.82) is 0 Å². The number of likely N-dealkylation sites (tertiary alicyclic amines) is 1. The van der Waals surface area contributed by atoms with E-state index in [1.54, 1.807) is 6.20 Å². The van der Waals surface area contributed by atoms with E-state index in [2.05, 4.69) is 41.2 Å². The summed E-state index contributed by atoms with van der Waals surface area (Å²) in [5.74, 6) is 0.346. The van der Waals surface area contributed by atoms with E-state index in [1.165, 1.54) is 0 Å². The zero-order valence-electron chi connectivity index (χ0n) is 12.8. The Balaban J connectivity index is 2.01. The molecule has 1 saturated heterocycles. The predicted molar refractivity (Wildman–Crippen MR) is 78.5 cm³/mol. The predicted octanol–water partition coefficient (Wildman–Crippen LogP) is 1.50. The molecule has 1 N–H and O–H groups in total. The molecule has 0 spiro atoms. The van der Waals surface area contributed by atoms with E-state index < -0.39 is 0 Å². The Labute approximate surface area is 120 Å². The van der Waals surface area contributed by atoms with E-state index in [1.807, 2.05) is 13.0 Å². The molecule has 20 heavy (non-hydrogen) atoms. The standard InChI is InChI=1S/C15H24N4O/c1-5-12-6-13(18-16-7-12)15(20)17-14-9-19(10(2)3)8-11(14)4/h6-7,10-11,14H,5,8-9H2,1-4H3,(H,17,20)/t11-,14+/m0/s1. The van der Waals surface area contributed by atoms with Gasteiger partial charge in [-0.2, -0.15) is 5.10 Å². The number of aromatic nitrogens is 2. The minimum atomic E-state index is -0.116. The molecule has 0 unspecified atom stereocenters. The molecule has 2 heterocycles. The summed E-state index contributed by atoms with van der Waals surface area (Å²) in [5, 5.41) is 10.9. The number of hydrogen-bond acceptors (Lipinski definition) is 4. The van der Waals surface area contributed by atoms with E-state index in [9.17, 15) is 4.79 Å². The first kappa shape index (κ1) is 14.9. The molecule has 1 fully saturated rings. The van der Waals surface area contributed by atoms with Crippen molar-refractivity contribution in [3.05, 3.63) is 23.5 Å². The molecule has 0 bridgehead atoms. The van der Waals surface area contributed by atoms with Crippen molar-refractivity contribution in [2.45, 2.75) is 46.2 Å². The van der Waals surface area contributed by atoms with Gasteiger partial charge in [0.15, 0.2) is 5.69 Å². The molecule has 2 rings (SSSR count). The van der Waals surface area contributed by atoms with Crippen LogP contribution in [-0.2, 0) is 6.42 Å². The van der Waals surface area contributed by atoms with Crippen molar-refractivity contribution in [3.63, 3.8) is 0 Å². The van der Waals surface area contributed by atoms with Gasteiger partial charge in [0.1, 0.15) is 0 Å². The molecular weight excluding hydrogens is 252 g/mol. The smallest absolute Gasteiger partial charge is 0.272 e. The third kappa shape index (κ3) is 3.33. The summed E-state index contributed by atoms with van der Waals surface area (Å²) in [6, 6.07) is 2.53. The van der Waals surface area contributed by atoms with Crippen molar-refractivity contribution in [3.8, 4) is 0 Å². The number of carbonyl (C=O) groups excluding carboxylic acids is 1. The van der Waals surface area contributed by atoms with E-state index in [0.29, 0.717) is 17.7 Å². The molecule has 110 valence electrons. The lowest BCUT2D eigenvalue weighted by atomic mass is 10.1. The lowest BCUT2D eigenvalue weighted by Crippen LogP contribution is -2.40. The second-order valence-corrected chi connectivity index (χ2v) is 5.91. The van der Waals surface area contributed by atoms with Crippen LogP contribution in [0.15, 0.2) is 12.3 Å². The maximum Gasteiger partial charge on any atom is 0.272 e. The zero-order chi connectivity index (χ0) is 14.7. The Morgan fingerprint density at radius 3 is 2.85 bits per heavy atom. The molecule has 0 aromatic carbocycles. The van der Waals surface area contributed by atoms with Crippen LogP contribution in [0, 0.1) is 5.92 Å². The summed E-state index contributed by atoms with van der Waals surface area (Å²) in [7, 11) is 0. The van der Waals surface area contributed by atoms with Gasteiger partial charge in [-0.25, -0.2) is 0 Å². The number of nitrogens with one attached hydrogen (secondary N) is 1. The highest BCUT2D eigenvalue weighted by Gasteiger charge is 2.32.